The van der Waals surface area contributed by atoms with Gasteiger partial charge in [-0.2, -0.15) is 4.68 Å². The molecule has 5 rings (SSSR count). The van der Waals surface area contributed by atoms with Crippen molar-refractivity contribution in [3.63, 3.8) is 0 Å². The van der Waals surface area contributed by atoms with Gasteiger partial charge in [-0.25, -0.2) is 9.97 Å². The molecule has 2 aromatic carbocycles. The molecule has 1 saturated heterocycles. The summed E-state index contributed by atoms with van der Waals surface area (Å²) in [7, 11) is 0. The van der Waals surface area contributed by atoms with Crippen LogP contribution in [0.1, 0.15) is 15.9 Å². The van der Waals surface area contributed by atoms with E-state index in [0.29, 0.717) is 47.9 Å². The van der Waals surface area contributed by atoms with E-state index in [1.165, 1.54) is 11.9 Å². The number of carbonyl (C=O) groups excluding carboxylic acids is 1. The molecule has 0 unspecified atom stereocenters. The van der Waals surface area contributed by atoms with Crippen molar-refractivity contribution in [3.8, 4) is 5.69 Å². The molecule has 2 aromatic heterocycles. The summed E-state index contributed by atoms with van der Waals surface area (Å²) in [6.07, 6.45) is 1.53. The van der Waals surface area contributed by atoms with E-state index >= 15 is 0 Å². The van der Waals surface area contributed by atoms with Crippen molar-refractivity contribution in [2.45, 2.75) is 6.92 Å². The molecule has 0 bridgehead atoms. The highest BCUT2D eigenvalue weighted by atomic mass is 35.5. The van der Waals surface area contributed by atoms with Crippen LogP contribution in [-0.2, 0) is 0 Å². The van der Waals surface area contributed by atoms with Gasteiger partial charge in [0.15, 0.2) is 17.0 Å². The Kier molecular flexibility index (Phi) is 4.99. The number of aromatic nitrogens is 5. The molecule has 0 saturated carbocycles. The van der Waals surface area contributed by atoms with Gasteiger partial charge < -0.3 is 9.80 Å². The molecule has 0 N–H and O–H groups in total. The Morgan fingerprint density at radius 3 is 2.45 bits per heavy atom. The Bertz CT molecular complexity index is 1250. The van der Waals surface area contributed by atoms with Crippen LogP contribution in [0.5, 0.6) is 0 Å². The van der Waals surface area contributed by atoms with Crippen molar-refractivity contribution >= 4 is 34.5 Å². The van der Waals surface area contributed by atoms with E-state index in [2.05, 4.69) is 25.2 Å². The minimum Gasteiger partial charge on any atom is -0.351 e. The van der Waals surface area contributed by atoms with E-state index in [0.717, 1.165) is 11.5 Å². The number of benzene rings is 2. The average molecular weight is 434 g/mol. The number of hydrogen-bond donors (Lipinski definition) is 0. The summed E-state index contributed by atoms with van der Waals surface area (Å²) < 4.78 is 1.72. The van der Waals surface area contributed by atoms with E-state index in [1.54, 1.807) is 16.8 Å². The molecule has 1 fully saturated rings. The summed E-state index contributed by atoms with van der Waals surface area (Å²) in [5.41, 5.74) is 3.90. The fourth-order valence-electron chi connectivity index (χ4n) is 3.75. The largest absolute Gasteiger partial charge is 0.351 e. The van der Waals surface area contributed by atoms with Gasteiger partial charge in [0.05, 0.1) is 16.3 Å². The third-order valence-electron chi connectivity index (χ3n) is 5.47. The first-order valence-electron chi connectivity index (χ1n) is 10.0. The highest BCUT2D eigenvalue weighted by molar-refractivity contribution is 6.33. The normalized spacial score (nSPS) is 14.3. The second-order valence-corrected chi connectivity index (χ2v) is 7.87. The van der Waals surface area contributed by atoms with Crippen molar-refractivity contribution in [2.24, 2.45) is 0 Å². The van der Waals surface area contributed by atoms with E-state index in [-0.39, 0.29) is 5.91 Å². The Morgan fingerprint density at radius 1 is 0.968 bits per heavy atom. The van der Waals surface area contributed by atoms with Crippen molar-refractivity contribution in [1.82, 2.24) is 29.9 Å². The summed E-state index contributed by atoms with van der Waals surface area (Å²) in [5, 5.41) is 9.13. The fraction of sp³-hybridized carbons (Fsp3) is 0.227. The Morgan fingerprint density at radius 2 is 1.71 bits per heavy atom. The zero-order valence-corrected chi connectivity index (χ0v) is 17.7. The molecule has 0 aliphatic carbocycles. The van der Waals surface area contributed by atoms with Crippen LogP contribution >= 0.6 is 11.6 Å². The highest BCUT2D eigenvalue weighted by Crippen LogP contribution is 2.24. The molecule has 156 valence electrons. The van der Waals surface area contributed by atoms with Gasteiger partial charge in [-0.1, -0.05) is 46.6 Å². The maximum atomic E-state index is 12.8. The number of amides is 1. The molecule has 1 amide bonds. The Hall–Kier alpha value is -3.52. The van der Waals surface area contributed by atoms with E-state index < -0.39 is 0 Å². The summed E-state index contributed by atoms with van der Waals surface area (Å²) in [5.74, 6) is 0.677. The number of hydrogen-bond acceptors (Lipinski definition) is 6. The molecule has 1 aliphatic rings. The zero-order valence-electron chi connectivity index (χ0n) is 16.9. The first-order chi connectivity index (χ1) is 15.1. The van der Waals surface area contributed by atoms with Crippen LogP contribution in [0.25, 0.3) is 16.9 Å². The number of carbonyl (C=O) groups is 1. The monoisotopic (exact) mass is 433 g/mol. The quantitative estimate of drug-likeness (QED) is 0.494. The van der Waals surface area contributed by atoms with Gasteiger partial charge in [0.25, 0.3) is 5.91 Å². The minimum absolute atomic E-state index is 0.0524. The van der Waals surface area contributed by atoms with Gasteiger partial charge >= 0.3 is 0 Å². The summed E-state index contributed by atoms with van der Waals surface area (Å²) in [6.45, 7) is 4.46. The number of rotatable bonds is 3. The molecule has 31 heavy (non-hydrogen) atoms. The predicted molar refractivity (Wildman–Crippen MR) is 119 cm³/mol. The van der Waals surface area contributed by atoms with E-state index in [4.69, 9.17) is 11.6 Å². The van der Waals surface area contributed by atoms with Crippen LogP contribution in [0.3, 0.4) is 0 Å². The lowest BCUT2D eigenvalue weighted by Crippen LogP contribution is -2.49. The van der Waals surface area contributed by atoms with Crippen molar-refractivity contribution in [2.75, 3.05) is 31.1 Å². The average Bonchev–Trinajstić information content (AvgIpc) is 3.24. The van der Waals surface area contributed by atoms with Gasteiger partial charge in [-0.05, 0) is 31.2 Å². The second-order valence-electron chi connectivity index (χ2n) is 7.47. The summed E-state index contributed by atoms with van der Waals surface area (Å²) >= 11 is 6.20. The molecule has 0 spiro atoms. The lowest BCUT2D eigenvalue weighted by atomic mass is 10.2. The Labute approximate surface area is 184 Å². The summed E-state index contributed by atoms with van der Waals surface area (Å²) in [4.78, 5) is 25.6. The van der Waals surface area contributed by atoms with Crippen molar-refractivity contribution in [1.29, 1.82) is 0 Å². The number of halogens is 1. The third-order valence-corrected chi connectivity index (χ3v) is 5.80. The van der Waals surface area contributed by atoms with Crippen molar-refractivity contribution < 1.29 is 4.79 Å². The highest BCUT2D eigenvalue weighted by Gasteiger charge is 2.26. The zero-order chi connectivity index (χ0) is 21.4. The number of anilines is 1. The smallest absolute Gasteiger partial charge is 0.255 e. The summed E-state index contributed by atoms with van der Waals surface area (Å²) in [6, 6.07) is 15.2. The third kappa shape index (κ3) is 3.59. The first-order valence-corrected chi connectivity index (χ1v) is 10.4. The lowest BCUT2D eigenvalue weighted by Gasteiger charge is -2.35. The number of piperazine rings is 1. The van der Waals surface area contributed by atoms with Crippen LogP contribution in [-0.4, -0.2) is 61.9 Å². The van der Waals surface area contributed by atoms with Crippen LogP contribution in [0, 0.1) is 6.92 Å². The Balaban J connectivity index is 1.37. The van der Waals surface area contributed by atoms with Gasteiger partial charge in [0.1, 0.15) is 6.33 Å². The minimum atomic E-state index is -0.0524. The van der Waals surface area contributed by atoms with Crippen molar-refractivity contribution in [3.05, 3.63) is 71.0 Å². The molecular formula is C22H20ClN7O. The topological polar surface area (TPSA) is 80.0 Å². The molecular weight excluding hydrogens is 414 g/mol. The molecule has 9 heteroatoms. The van der Waals surface area contributed by atoms with Crippen LogP contribution < -0.4 is 4.90 Å². The molecule has 8 nitrogen and oxygen atoms in total. The SMILES string of the molecule is Cc1ccc(-n2nnc3c(N4CCN(C(=O)c5ccccc5Cl)CC4)ncnc32)cc1. The van der Waals surface area contributed by atoms with E-state index in [9.17, 15) is 4.79 Å². The van der Waals surface area contributed by atoms with Crippen LogP contribution in [0.2, 0.25) is 5.02 Å². The van der Waals surface area contributed by atoms with Gasteiger partial charge in [0.2, 0.25) is 0 Å². The molecule has 1 aliphatic heterocycles. The standard InChI is InChI=1S/C22H20ClN7O/c1-15-6-8-16(9-7-15)30-21-19(26-27-30)20(24-14-25-21)28-10-12-29(13-11-28)22(31)17-4-2-3-5-18(17)23/h2-9,14H,10-13H2,1H3. The molecule has 3 heterocycles. The lowest BCUT2D eigenvalue weighted by molar-refractivity contribution is 0.0747. The second kappa shape index (κ2) is 7.96. The number of nitrogens with zero attached hydrogens (tertiary/aromatic N) is 7. The molecule has 0 atom stereocenters. The number of aryl methyl sites for hydroxylation is 1. The first kappa shape index (κ1) is 19.4. The van der Waals surface area contributed by atoms with Gasteiger partial charge in [-0.15, -0.1) is 5.10 Å². The maximum absolute atomic E-state index is 12.8. The molecule has 0 radical (unpaired) electrons. The van der Waals surface area contributed by atoms with E-state index in [1.807, 2.05) is 48.2 Å². The van der Waals surface area contributed by atoms with Crippen LogP contribution in [0.4, 0.5) is 5.82 Å². The predicted octanol–water partition coefficient (Wildman–Crippen LogP) is 3.13. The van der Waals surface area contributed by atoms with Crippen LogP contribution in [0.15, 0.2) is 54.9 Å². The number of fused-ring (bicyclic) bond motifs is 1. The van der Waals surface area contributed by atoms with Gasteiger partial charge in [-0.3, -0.25) is 4.79 Å². The fourth-order valence-corrected chi connectivity index (χ4v) is 3.97. The maximum Gasteiger partial charge on any atom is 0.255 e. The van der Waals surface area contributed by atoms with Gasteiger partial charge in [0, 0.05) is 26.2 Å². The molecule has 4 aromatic rings.